The summed E-state index contributed by atoms with van der Waals surface area (Å²) in [4.78, 5) is 15.4. The minimum atomic E-state index is -0.428. The fourth-order valence-electron chi connectivity index (χ4n) is 3.17. The molecule has 0 spiro atoms. The summed E-state index contributed by atoms with van der Waals surface area (Å²) in [5.74, 6) is 1.16. The lowest BCUT2D eigenvalue weighted by molar-refractivity contribution is 0.395. The molecule has 27 heavy (non-hydrogen) atoms. The normalized spacial score (nSPS) is 10.3. The average Bonchev–Trinajstić information content (AvgIpc) is 2.66. The summed E-state index contributed by atoms with van der Waals surface area (Å²) >= 11 is 0. The number of pyridine rings is 1. The molecular formula is C22H20N2O3. The van der Waals surface area contributed by atoms with Gasteiger partial charge in [0.05, 0.1) is 14.2 Å². The summed E-state index contributed by atoms with van der Waals surface area (Å²) in [5, 5.41) is 9.54. The van der Waals surface area contributed by atoms with Crippen molar-refractivity contribution < 1.29 is 9.47 Å². The van der Waals surface area contributed by atoms with Gasteiger partial charge in [0, 0.05) is 28.5 Å². The minimum absolute atomic E-state index is 0.0481. The molecule has 1 aromatic heterocycles. The predicted molar refractivity (Wildman–Crippen MR) is 105 cm³/mol. The molecule has 1 heterocycles. The van der Waals surface area contributed by atoms with E-state index in [0.717, 1.165) is 16.7 Å². The zero-order chi connectivity index (χ0) is 19.6. The smallest absolute Gasteiger partial charge is 0.266 e. The first-order valence-corrected chi connectivity index (χ1v) is 8.46. The average molecular weight is 360 g/mol. The molecule has 0 aliphatic heterocycles. The molecule has 0 amide bonds. The third-order valence-corrected chi connectivity index (χ3v) is 4.52. The van der Waals surface area contributed by atoms with Gasteiger partial charge >= 0.3 is 0 Å². The molecule has 136 valence electrons. The van der Waals surface area contributed by atoms with E-state index in [1.165, 1.54) is 0 Å². The lowest BCUT2D eigenvalue weighted by atomic mass is 9.96. The number of ether oxygens (including phenoxy) is 2. The van der Waals surface area contributed by atoms with Gasteiger partial charge in [-0.3, -0.25) is 4.79 Å². The van der Waals surface area contributed by atoms with Crippen LogP contribution in [0, 0.1) is 25.2 Å². The number of hydrogen-bond acceptors (Lipinski definition) is 4. The Bertz CT molecular complexity index is 1110. The second kappa shape index (κ2) is 7.38. The molecule has 2 aromatic carbocycles. The number of methoxy groups -OCH3 is 2. The van der Waals surface area contributed by atoms with Gasteiger partial charge in [0.25, 0.3) is 5.56 Å². The van der Waals surface area contributed by atoms with Gasteiger partial charge in [-0.25, -0.2) is 0 Å². The molecule has 0 radical (unpaired) electrons. The van der Waals surface area contributed by atoms with Crippen LogP contribution in [-0.2, 0) is 0 Å². The number of aromatic nitrogens is 1. The molecule has 0 bridgehead atoms. The molecule has 0 aliphatic carbocycles. The van der Waals surface area contributed by atoms with E-state index in [0.29, 0.717) is 28.3 Å². The van der Waals surface area contributed by atoms with Crippen LogP contribution >= 0.6 is 0 Å². The van der Waals surface area contributed by atoms with Crippen molar-refractivity contribution in [2.45, 2.75) is 13.8 Å². The topological polar surface area (TPSA) is 75.1 Å². The van der Waals surface area contributed by atoms with Gasteiger partial charge in [-0.1, -0.05) is 23.8 Å². The molecule has 0 aliphatic rings. The molecule has 5 heteroatoms. The van der Waals surface area contributed by atoms with E-state index in [1.54, 1.807) is 32.4 Å². The van der Waals surface area contributed by atoms with E-state index in [1.807, 2.05) is 38.1 Å². The fraction of sp³-hybridized carbons (Fsp3) is 0.182. The van der Waals surface area contributed by atoms with Crippen LogP contribution in [-0.4, -0.2) is 19.2 Å². The van der Waals surface area contributed by atoms with E-state index in [9.17, 15) is 10.1 Å². The van der Waals surface area contributed by atoms with Gasteiger partial charge in [0.2, 0.25) is 0 Å². The first kappa shape index (κ1) is 18.3. The third-order valence-electron chi connectivity index (χ3n) is 4.52. The standard InChI is InChI=1S/C22H20N2O3/c1-13-5-7-16(14(2)9-13)20-11-18(19(12-23)22(25)24-20)17-8-6-15(26-3)10-21(17)27-4/h5-11H,1-4H3,(H,24,25). The highest BCUT2D eigenvalue weighted by atomic mass is 16.5. The first-order chi connectivity index (χ1) is 13.0. The number of benzene rings is 2. The van der Waals surface area contributed by atoms with Crippen LogP contribution in [0.15, 0.2) is 47.3 Å². The Morgan fingerprint density at radius 3 is 2.30 bits per heavy atom. The van der Waals surface area contributed by atoms with Crippen molar-refractivity contribution in [2.75, 3.05) is 14.2 Å². The Labute approximate surface area is 157 Å². The maximum absolute atomic E-state index is 12.6. The van der Waals surface area contributed by atoms with E-state index in [2.05, 4.69) is 11.1 Å². The Morgan fingerprint density at radius 2 is 1.67 bits per heavy atom. The van der Waals surface area contributed by atoms with Gasteiger partial charge in [-0.15, -0.1) is 0 Å². The number of nitriles is 1. The molecule has 0 saturated carbocycles. The van der Waals surface area contributed by atoms with E-state index < -0.39 is 5.56 Å². The fourth-order valence-corrected chi connectivity index (χ4v) is 3.17. The summed E-state index contributed by atoms with van der Waals surface area (Å²) in [6.07, 6.45) is 0. The Morgan fingerprint density at radius 1 is 0.926 bits per heavy atom. The van der Waals surface area contributed by atoms with Crippen molar-refractivity contribution in [1.82, 2.24) is 4.98 Å². The summed E-state index contributed by atoms with van der Waals surface area (Å²) in [6, 6.07) is 15.1. The second-order valence-electron chi connectivity index (χ2n) is 6.30. The highest BCUT2D eigenvalue weighted by Crippen LogP contribution is 2.36. The van der Waals surface area contributed by atoms with Crippen LogP contribution in [0.2, 0.25) is 0 Å². The maximum Gasteiger partial charge on any atom is 0.266 e. The van der Waals surface area contributed by atoms with Gasteiger partial charge in [-0.05, 0) is 37.6 Å². The number of nitrogens with one attached hydrogen (secondary N) is 1. The SMILES string of the molecule is COc1ccc(-c2cc(-c3ccc(C)cc3C)[nH]c(=O)c2C#N)c(OC)c1. The first-order valence-electron chi connectivity index (χ1n) is 8.46. The second-order valence-corrected chi connectivity index (χ2v) is 6.30. The number of rotatable bonds is 4. The van der Waals surface area contributed by atoms with Crippen LogP contribution < -0.4 is 15.0 Å². The Hall–Kier alpha value is -3.52. The number of hydrogen-bond donors (Lipinski definition) is 1. The van der Waals surface area contributed by atoms with Crippen molar-refractivity contribution in [3.05, 3.63) is 69.5 Å². The van der Waals surface area contributed by atoms with Crippen molar-refractivity contribution >= 4 is 0 Å². The monoisotopic (exact) mass is 360 g/mol. The molecule has 0 fully saturated rings. The lowest BCUT2D eigenvalue weighted by Crippen LogP contribution is -2.13. The van der Waals surface area contributed by atoms with Crippen LogP contribution in [0.3, 0.4) is 0 Å². The van der Waals surface area contributed by atoms with E-state index >= 15 is 0 Å². The van der Waals surface area contributed by atoms with Gasteiger partial charge in [0.15, 0.2) is 0 Å². The molecule has 1 N–H and O–H groups in total. The molecule has 5 nitrogen and oxygen atoms in total. The summed E-state index contributed by atoms with van der Waals surface area (Å²) in [5.41, 5.74) is 4.56. The Balaban J connectivity index is 2.29. The van der Waals surface area contributed by atoms with Crippen LogP contribution in [0.4, 0.5) is 0 Å². The van der Waals surface area contributed by atoms with Gasteiger partial charge < -0.3 is 14.5 Å². The largest absolute Gasteiger partial charge is 0.497 e. The van der Waals surface area contributed by atoms with Gasteiger partial charge in [0.1, 0.15) is 23.1 Å². The highest BCUT2D eigenvalue weighted by molar-refractivity contribution is 5.80. The van der Waals surface area contributed by atoms with Crippen molar-refractivity contribution in [3.63, 3.8) is 0 Å². The van der Waals surface area contributed by atoms with Crippen molar-refractivity contribution in [2.24, 2.45) is 0 Å². The molecule has 0 saturated heterocycles. The van der Waals surface area contributed by atoms with E-state index in [4.69, 9.17) is 9.47 Å². The molecular weight excluding hydrogens is 340 g/mol. The zero-order valence-electron chi connectivity index (χ0n) is 15.7. The van der Waals surface area contributed by atoms with Crippen LogP contribution in [0.25, 0.3) is 22.4 Å². The van der Waals surface area contributed by atoms with Gasteiger partial charge in [-0.2, -0.15) is 5.26 Å². The van der Waals surface area contributed by atoms with Crippen molar-refractivity contribution in [3.8, 4) is 40.0 Å². The quantitative estimate of drug-likeness (QED) is 0.756. The number of aromatic amines is 1. The molecule has 0 atom stereocenters. The minimum Gasteiger partial charge on any atom is -0.497 e. The number of nitrogens with zero attached hydrogens (tertiary/aromatic N) is 1. The zero-order valence-corrected chi connectivity index (χ0v) is 15.7. The van der Waals surface area contributed by atoms with Crippen molar-refractivity contribution in [1.29, 1.82) is 5.26 Å². The summed E-state index contributed by atoms with van der Waals surface area (Å²) < 4.78 is 10.7. The third kappa shape index (κ3) is 3.42. The molecule has 3 rings (SSSR count). The number of aryl methyl sites for hydroxylation is 2. The molecule has 0 unspecified atom stereocenters. The Kier molecular flexibility index (Phi) is 5.00. The van der Waals surface area contributed by atoms with E-state index in [-0.39, 0.29) is 5.56 Å². The van der Waals surface area contributed by atoms with Crippen LogP contribution in [0.5, 0.6) is 11.5 Å². The van der Waals surface area contributed by atoms with Crippen LogP contribution in [0.1, 0.15) is 16.7 Å². The maximum atomic E-state index is 12.6. The molecule has 3 aromatic rings. The predicted octanol–water partition coefficient (Wildman–Crippen LogP) is 4.21. The summed E-state index contributed by atoms with van der Waals surface area (Å²) in [7, 11) is 3.11. The highest BCUT2D eigenvalue weighted by Gasteiger charge is 2.17. The summed E-state index contributed by atoms with van der Waals surface area (Å²) in [6.45, 7) is 4.01. The number of H-pyrrole nitrogens is 1. The lowest BCUT2D eigenvalue weighted by Gasteiger charge is -2.14.